The van der Waals surface area contributed by atoms with Crippen LogP contribution in [0.1, 0.15) is 5.56 Å². The van der Waals surface area contributed by atoms with Crippen LogP contribution in [0.3, 0.4) is 0 Å². The van der Waals surface area contributed by atoms with Crippen molar-refractivity contribution >= 4 is 28.0 Å². The fourth-order valence-corrected chi connectivity index (χ4v) is 1.17. The molecule has 0 fully saturated rings. The van der Waals surface area contributed by atoms with Crippen LogP contribution in [-0.2, 0) is 4.79 Å². The topological polar surface area (TPSA) is 57.5 Å². The maximum Gasteiger partial charge on any atom is 0.328 e. The van der Waals surface area contributed by atoms with Gasteiger partial charge in [0.2, 0.25) is 0 Å². The molecule has 0 saturated heterocycles. The zero-order chi connectivity index (χ0) is 10.7. The number of phenolic OH excluding ortho intramolecular Hbond substituents is 1. The van der Waals surface area contributed by atoms with Gasteiger partial charge in [-0.3, -0.25) is 0 Å². The van der Waals surface area contributed by atoms with Crippen LogP contribution in [0.4, 0.5) is 4.39 Å². The molecule has 1 rings (SSSR count). The summed E-state index contributed by atoms with van der Waals surface area (Å²) in [7, 11) is 0. The molecule has 0 aliphatic carbocycles. The van der Waals surface area contributed by atoms with Gasteiger partial charge in [0.15, 0.2) is 11.6 Å². The number of aromatic hydroxyl groups is 1. The number of hydrogen-bond acceptors (Lipinski definition) is 2. The van der Waals surface area contributed by atoms with Gasteiger partial charge in [0.05, 0.1) is 4.47 Å². The Morgan fingerprint density at radius 3 is 2.71 bits per heavy atom. The Bertz CT molecular complexity index is 401. The summed E-state index contributed by atoms with van der Waals surface area (Å²) >= 11 is 2.88. The first kappa shape index (κ1) is 10.7. The van der Waals surface area contributed by atoms with Gasteiger partial charge in [-0.1, -0.05) is 0 Å². The van der Waals surface area contributed by atoms with Gasteiger partial charge < -0.3 is 10.2 Å². The normalized spacial score (nSPS) is 10.7. The van der Waals surface area contributed by atoms with Gasteiger partial charge in [-0.2, -0.15) is 0 Å². The summed E-state index contributed by atoms with van der Waals surface area (Å²) in [6.07, 6.45) is 1.94. The summed E-state index contributed by atoms with van der Waals surface area (Å²) in [6, 6.07) is 2.79. The first-order valence-electron chi connectivity index (χ1n) is 3.60. The number of carboxylic acids is 1. The third-order valence-electron chi connectivity index (χ3n) is 1.51. The third-order valence-corrected chi connectivity index (χ3v) is 2.12. The van der Waals surface area contributed by atoms with E-state index in [0.717, 1.165) is 12.2 Å². The predicted octanol–water partition coefficient (Wildman–Crippen LogP) is 2.39. The van der Waals surface area contributed by atoms with E-state index < -0.39 is 17.5 Å². The minimum absolute atomic E-state index is 0.119. The van der Waals surface area contributed by atoms with E-state index in [1.807, 2.05) is 0 Å². The molecule has 0 aliphatic rings. The molecule has 74 valence electrons. The lowest BCUT2D eigenvalue weighted by atomic mass is 10.2. The van der Waals surface area contributed by atoms with Gasteiger partial charge >= 0.3 is 5.97 Å². The smallest absolute Gasteiger partial charge is 0.328 e. The average Bonchev–Trinajstić information content (AvgIpc) is 2.13. The molecule has 0 atom stereocenters. The summed E-state index contributed by atoms with van der Waals surface area (Å²) in [4.78, 5) is 10.2. The Labute approximate surface area is 87.6 Å². The summed E-state index contributed by atoms with van der Waals surface area (Å²) in [6.45, 7) is 0. The van der Waals surface area contributed by atoms with Crippen molar-refractivity contribution < 1.29 is 19.4 Å². The highest BCUT2D eigenvalue weighted by Crippen LogP contribution is 2.28. The van der Waals surface area contributed by atoms with Crippen molar-refractivity contribution in [1.82, 2.24) is 0 Å². The SMILES string of the molecule is O=C(O)/C=C/c1ccc(Br)c(F)c1O. The summed E-state index contributed by atoms with van der Waals surface area (Å²) < 4.78 is 13.2. The number of rotatable bonds is 2. The molecule has 0 heterocycles. The van der Waals surface area contributed by atoms with Gasteiger partial charge in [-0.15, -0.1) is 0 Å². The van der Waals surface area contributed by atoms with Crippen LogP contribution in [-0.4, -0.2) is 16.2 Å². The molecule has 0 spiro atoms. The van der Waals surface area contributed by atoms with Crippen molar-refractivity contribution in [2.45, 2.75) is 0 Å². The zero-order valence-electron chi connectivity index (χ0n) is 6.87. The van der Waals surface area contributed by atoms with Crippen LogP contribution in [0, 0.1) is 5.82 Å². The molecule has 14 heavy (non-hydrogen) atoms. The van der Waals surface area contributed by atoms with E-state index >= 15 is 0 Å². The number of carboxylic acid groups (broad SMARTS) is 1. The van der Waals surface area contributed by atoms with Crippen molar-refractivity contribution in [1.29, 1.82) is 0 Å². The fourth-order valence-electron chi connectivity index (χ4n) is 0.850. The second-order valence-electron chi connectivity index (χ2n) is 2.47. The monoisotopic (exact) mass is 260 g/mol. The summed E-state index contributed by atoms with van der Waals surface area (Å²) in [5.74, 6) is -2.54. The Hall–Kier alpha value is -1.36. The minimum atomic E-state index is -1.16. The highest BCUT2D eigenvalue weighted by atomic mass is 79.9. The molecule has 2 N–H and O–H groups in total. The Balaban J connectivity index is 3.12. The van der Waals surface area contributed by atoms with E-state index in [1.54, 1.807) is 0 Å². The van der Waals surface area contributed by atoms with E-state index in [9.17, 15) is 14.3 Å². The highest BCUT2D eigenvalue weighted by molar-refractivity contribution is 9.10. The van der Waals surface area contributed by atoms with Crippen LogP contribution in [0.25, 0.3) is 6.08 Å². The number of benzene rings is 1. The Kier molecular flexibility index (Phi) is 3.24. The lowest BCUT2D eigenvalue weighted by Gasteiger charge is -2.01. The minimum Gasteiger partial charge on any atom is -0.504 e. The van der Waals surface area contributed by atoms with E-state index in [1.165, 1.54) is 12.1 Å². The lowest BCUT2D eigenvalue weighted by Crippen LogP contribution is -1.87. The standard InChI is InChI=1S/C9H6BrFO3/c10-6-3-1-5(2-4-7(12)13)9(14)8(6)11/h1-4,14H,(H,12,13)/b4-2+. The van der Waals surface area contributed by atoms with E-state index in [0.29, 0.717) is 0 Å². The number of aliphatic carboxylic acids is 1. The largest absolute Gasteiger partial charge is 0.504 e. The molecule has 0 aromatic heterocycles. The highest BCUT2D eigenvalue weighted by Gasteiger charge is 2.08. The number of carbonyl (C=O) groups is 1. The molecule has 0 bridgehead atoms. The molecule has 5 heteroatoms. The maximum absolute atomic E-state index is 13.0. The molecule has 0 radical (unpaired) electrons. The fraction of sp³-hybridized carbons (Fsp3) is 0. The molecule has 1 aromatic rings. The first-order chi connectivity index (χ1) is 6.52. The van der Waals surface area contributed by atoms with Crippen molar-refractivity contribution in [2.24, 2.45) is 0 Å². The maximum atomic E-state index is 13.0. The molecule has 0 unspecified atom stereocenters. The van der Waals surface area contributed by atoms with Gasteiger partial charge in [0, 0.05) is 11.6 Å². The zero-order valence-corrected chi connectivity index (χ0v) is 8.45. The molecular weight excluding hydrogens is 255 g/mol. The van der Waals surface area contributed by atoms with E-state index in [2.05, 4.69) is 15.9 Å². The molecular formula is C9H6BrFO3. The summed E-state index contributed by atoms with van der Waals surface area (Å²) in [5, 5.41) is 17.6. The van der Waals surface area contributed by atoms with Gasteiger partial charge in [0.1, 0.15) is 0 Å². The quantitative estimate of drug-likeness (QED) is 0.803. The van der Waals surface area contributed by atoms with E-state index in [-0.39, 0.29) is 10.0 Å². The molecule has 0 aliphatic heterocycles. The van der Waals surface area contributed by atoms with Crippen LogP contribution in [0.5, 0.6) is 5.75 Å². The first-order valence-corrected chi connectivity index (χ1v) is 4.39. The number of halogens is 2. The number of hydrogen-bond donors (Lipinski definition) is 2. The lowest BCUT2D eigenvalue weighted by molar-refractivity contribution is -0.131. The average molecular weight is 261 g/mol. The molecule has 3 nitrogen and oxygen atoms in total. The van der Waals surface area contributed by atoms with Gasteiger partial charge in [-0.05, 0) is 34.1 Å². The molecule has 0 amide bonds. The van der Waals surface area contributed by atoms with Crippen LogP contribution < -0.4 is 0 Å². The Morgan fingerprint density at radius 2 is 2.14 bits per heavy atom. The predicted molar refractivity (Wildman–Crippen MR) is 52.4 cm³/mol. The van der Waals surface area contributed by atoms with Crippen molar-refractivity contribution in [2.75, 3.05) is 0 Å². The van der Waals surface area contributed by atoms with Gasteiger partial charge in [-0.25, -0.2) is 9.18 Å². The van der Waals surface area contributed by atoms with Crippen LogP contribution in [0.15, 0.2) is 22.7 Å². The van der Waals surface area contributed by atoms with Gasteiger partial charge in [0.25, 0.3) is 0 Å². The van der Waals surface area contributed by atoms with Crippen molar-refractivity contribution in [3.05, 3.63) is 34.1 Å². The van der Waals surface area contributed by atoms with E-state index in [4.69, 9.17) is 5.11 Å². The van der Waals surface area contributed by atoms with Crippen LogP contribution in [0.2, 0.25) is 0 Å². The molecule has 0 saturated carbocycles. The number of phenols is 1. The third kappa shape index (κ3) is 2.32. The second kappa shape index (κ2) is 4.23. The second-order valence-corrected chi connectivity index (χ2v) is 3.33. The van der Waals surface area contributed by atoms with Crippen molar-refractivity contribution in [3.63, 3.8) is 0 Å². The summed E-state index contributed by atoms with van der Waals surface area (Å²) in [5.41, 5.74) is 0.119. The Morgan fingerprint density at radius 1 is 1.50 bits per heavy atom. The molecule has 1 aromatic carbocycles. The van der Waals surface area contributed by atoms with Crippen LogP contribution >= 0.6 is 15.9 Å². The van der Waals surface area contributed by atoms with Crippen molar-refractivity contribution in [3.8, 4) is 5.75 Å².